The zero-order valence-corrected chi connectivity index (χ0v) is 37.6. The van der Waals surface area contributed by atoms with Crippen LogP contribution in [0.1, 0.15) is 106 Å². The molecule has 3 aliphatic carbocycles. The van der Waals surface area contributed by atoms with Crippen molar-refractivity contribution in [2.24, 2.45) is 22.7 Å². The van der Waals surface area contributed by atoms with Crippen LogP contribution < -0.4 is 5.32 Å². The number of fused-ring (bicyclic) bond motifs is 4. The van der Waals surface area contributed by atoms with E-state index >= 15 is 0 Å². The van der Waals surface area contributed by atoms with Crippen LogP contribution in [0.25, 0.3) is 0 Å². The summed E-state index contributed by atoms with van der Waals surface area (Å²) in [6, 6.07) is 7.04. The van der Waals surface area contributed by atoms with Crippen molar-refractivity contribution in [3.05, 3.63) is 59.7 Å². The standard InChI is InChI=1S/C46H63NO15/c1-13-32-58-30-20-31-45(22-55-31,61-26(6)49)36-38(60-39(51)27-17-15-14-16-18-27)46(54)21-29(57-40(52)34(50)28(19-23(2)3)47-41(53)62-42(7,8)9)24(4)33(43(46,10)11)35(56-25(5)48)37(59-32)44(30,36)12/h13-18,23,28-32,34-38,50,54H,1,19-22H2,2-12H3,(H,47,53)/t28-,29-,30-,31+,32?,34?,35-,36-,37-,38-,44+,45-,46+/m0/s1. The quantitative estimate of drug-likeness (QED) is 0.154. The molecule has 342 valence electrons. The third-order valence-electron chi connectivity index (χ3n) is 13.4. The van der Waals surface area contributed by atoms with Crippen molar-refractivity contribution in [2.45, 2.75) is 167 Å². The summed E-state index contributed by atoms with van der Waals surface area (Å²) in [7, 11) is 0. The Morgan fingerprint density at radius 2 is 1.65 bits per heavy atom. The Bertz CT molecular complexity index is 1960. The number of amides is 1. The molecule has 4 fully saturated rings. The normalized spacial score (nSPS) is 35.5. The second-order valence-corrected chi connectivity index (χ2v) is 19.5. The van der Waals surface area contributed by atoms with Crippen LogP contribution >= 0.6 is 0 Å². The molecule has 62 heavy (non-hydrogen) atoms. The lowest BCUT2D eigenvalue weighted by Crippen LogP contribution is -2.83. The smallest absolute Gasteiger partial charge is 0.407 e. The van der Waals surface area contributed by atoms with Gasteiger partial charge in [0.15, 0.2) is 24.1 Å². The molecule has 1 aromatic carbocycles. The summed E-state index contributed by atoms with van der Waals surface area (Å²) in [4.78, 5) is 68.1. The molecule has 5 aliphatic rings. The van der Waals surface area contributed by atoms with E-state index in [0.717, 1.165) is 0 Å². The van der Waals surface area contributed by atoms with Gasteiger partial charge in [0.2, 0.25) is 0 Å². The predicted octanol–water partition coefficient (Wildman–Crippen LogP) is 4.87. The first-order valence-electron chi connectivity index (χ1n) is 21.3. The Morgan fingerprint density at radius 3 is 2.19 bits per heavy atom. The second-order valence-electron chi connectivity index (χ2n) is 19.5. The van der Waals surface area contributed by atoms with Gasteiger partial charge in [-0.2, -0.15) is 0 Å². The zero-order valence-electron chi connectivity index (χ0n) is 37.6. The van der Waals surface area contributed by atoms with Gasteiger partial charge in [-0.1, -0.05) is 59.4 Å². The fourth-order valence-corrected chi connectivity index (χ4v) is 10.7. The number of alkyl carbamates (subject to hydrolysis) is 1. The average Bonchev–Trinajstić information content (AvgIpc) is 3.15. The number of nitrogens with one attached hydrogen (secondary N) is 1. The molecule has 16 heteroatoms. The monoisotopic (exact) mass is 869 g/mol. The zero-order chi connectivity index (χ0) is 45.9. The number of aliphatic hydroxyl groups excluding tert-OH is 1. The lowest BCUT2D eigenvalue weighted by Gasteiger charge is -2.71. The molecule has 2 saturated heterocycles. The number of esters is 4. The molecule has 16 nitrogen and oxygen atoms in total. The van der Waals surface area contributed by atoms with Crippen molar-refractivity contribution in [2.75, 3.05) is 6.61 Å². The van der Waals surface area contributed by atoms with Crippen molar-refractivity contribution in [3.63, 3.8) is 0 Å². The third kappa shape index (κ3) is 8.28. The Labute approximate surface area is 362 Å². The number of carbonyl (C=O) groups excluding carboxylic acids is 5. The molecule has 0 aromatic heterocycles. The average molecular weight is 870 g/mol. The molecule has 1 amide bonds. The van der Waals surface area contributed by atoms with Gasteiger partial charge in [0.05, 0.1) is 30.2 Å². The molecule has 3 N–H and O–H groups in total. The molecular formula is C46H63NO15. The summed E-state index contributed by atoms with van der Waals surface area (Å²) >= 11 is 0. The van der Waals surface area contributed by atoms with Crippen LogP contribution in [0, 0.1) is 22.7 Å². The van der Waals surface area contributed by atoms with E-state index in [0.29, 0.717) is 11.1 Å². The molecule has 2 aliphatic heterocycles. The number of hydrogen-bond donors (Lipinski definition) is 3. The highest BCUT2D eigenvalue weighted by molar-refractivity contribution is 5.89. The fraction of sp³-hybridized carbons (Fsp3) is 0.674. The second kappa shape index (κ2) is 17.0. The molecule has 6 rings (SSSR count). The van der Waals surface area contributed by atoms with E-state index in [4.69, 9.17) is 37.9 Å². The minimum Gasteiger partial charge on any atom is -0.456 e. The Morgan fingerprint density at radius 1 is 0.984 bits per heavy atom. The number of rotatable bonds is 11. The minimum absolute atomic E-state index is 0.0926. The highest BCUT2D eigenvalue weighted by Gasteiger charge is 2.79. The van der Waals surface area contributed by atoms with Gasteiger partial charge in [-0.3, -0.25) is 9.59 Å². The number of carbonyl (C=O) groups is 5. The summed E-state index contributed by atoms with van der Waals surface area (Å²) in [6.45, 7) is 21.9. The summed E-state index contributed by atoms with van der Waals surface area (Å²) in [6.07, 6.45) is -9.36. The lowest BCUT2D eigenvalue weighted by atomic mass is 9.44. The highest BCUT2D eigenvalue weighted by Crippen LogP contribution is 2.67. The van der Waals surface area contributed by atoms with E-state index in [9.17, 15) is 34.2 Å². The number of hydrogen-bond acceptors (Lipinski definition) is 15. The van der Waals surface area contributed by atoms with Crippen LogP contribution in [-0.2, 0) is 52.3 Å². The molecule has 2 unspecified atom stereocenters. The summed E-state index contributed by atoms with van der Waals surface area (Å²) in [5, 5.41) is 28.1. The summed E-state index contributed by atoms with van der Waals surface area (Å²) < 4.78 is 50.2. The fourth-order valence-electron chi connectivity index (χ4n) is 10.7. The van der Waals surface area contributed by atoms with Crippen molar-refractivity contribution >= 4 is 30.0 Å². The van der Waals surface area contributed by atoms with E-state index in [1.54, 1.807) is 71.9 Å². The van der Waals surface area contributed by atoms with Crippen LogP contribution in [-0.4, -0.2) is 119 Å². The molecule has 0 radical (unpaired) electrons. The van der Waals surface area contributed by atoms with Crippen LogP contribution in [0.2, 0.25) is 0 Å². The minimum atomic E-state index is -2.23. The molecule has 2 bridgehead atoms. The van der Waals surface area contributed by atoms with Crippen LogP contribution in [0.4, 0.5) is 4.79 Å². The highest BCUT2D eigenvalue weighted by atomic mass is 16.7. The van der Waals surface area contributed by atoms with Gasteiger partial charge >= 0.3 is 30.0 Å². The van der Waals surface area contributed by atoms with Crippen molar-refractivity contribution < 1.29 is 72.1 Å². The molecule has 13 atom stereocenters. The first-order chi connectivity index (χ1) is 28.8. The van der Waals surface area contributed by atoms with E-state index in [1.165, 1.54) is 19.9 Å². The maximum atomic E-state index is 14.4. The Hall–Kier alpha value is -4.35. The molecule has 2 saturated carbocycles. The number of benzene rings is 1. The van der Waals surface area contributed by atoms with Crippen molar-refractivity contribution in [3.8, 4) is 0 Å². The number of aliphatic hydroxyl groups is 2. The van der Waals surface area contributed by atoms with Gasteiger partial charge in [0, 0.05) is 37.5 Å². The molecule has 2 heterocycles. The SMILES string of the molecule is C=CC1O[C@H]2C[C@H]3OC[C@@]3(OC(C)=O)[C@H]3[C@H](OC(=O)c4ccccc4)[C@]4(O)C[C@H](OC(=O)C(O)[C@H](CC(C)C)NC(=O)OC(C)(C)C)C(C)=C([C@H](OC(C)=O)[C@H](O1)[C@]23C)C4(C)C. The van der Waals surface area contributed by atoms with Gasteiger partial charge in [-0.25, -0.2) is 14.4 Å². The Balaban J connectivity index is 1.57. The van der Waals surface area contributed by atoms with Gasteiger partial charge in [-0.05, 0) is 69.4 Å². The van der Waals surface area contributed by atoms with Gasteiger partial charge < -0.3 is 53.4 Å². The van der Waals surface area contributed by atoms with E-state index in [-0.39, 0.29) is 30.9 Å². The summed E-state index contributed by atoms with van der Waals surface area (Å²) in [5.74, 6) is -4.57. The van der Waals surface area contributed by atoms with E-state index in [2.05, 4.69) is 11.9 Å². The summed E-state index contributed by atoms with van der Waals surface area (Å²) in [5.41, 5.74) is -6.65. The Kier molecular flexibility index (Phi) is 12.9. The van der Waals surface area contributed by atoms with E-state index in [1.807, 2.05) is 20.8 Å². The van der Waals surface area contributed by atoms with Crippen molar-refractivity contribution in [1.29, 1.82) is 0 Å². The van der Waals surface area contributed by atoms with E-state index < -0.39 is 125 Å². The van der Waals surface area contributed by atoms with Gasteiger partial charge in [0.25, 0.3) is 0 Å². The maximum absolute atomic E-state index is 14.4. The van der Waals surface area contributed by atoms with Crippen LogP contribution in [0.5, 0.6) is 0 Å². The van der Waals surface area contributed by atoms with Gasteiger partial charge in [0.1, 0.15) is 35.6 Å². The third-order valence-corrected chi connectivity index (χ3v) is 13.4. The van der Waals surface area contributed by atoms with Crippen molar-refractivity contribution in [1.82, 2.24) is 5.32 Å². The molecule has 0 spiro atoms. The lowest BCUT2D eigenvalue weighted by molar-refractivity contribution is -0.405. The predicted molar refractivity (Wildman–Crippen MR) is 220 cm³/mol. The van der Waals surface area contributed by atoms with Gasteiger partial charge in [-0.15, -0.1) is 0 Å². The molecular weight excluding hydrogens is 806 g/mol. The van der Waals surface area contributed by atoms with Crippen LogP contribution in [0.15, 0.2) is 54.1 Å². The number of ether oxygens (including phenoxy) is 8. The topological polar surface area (TPSA) is 212 Å². The molecule has 1 aromatic rings. The van der Waals surface area contributed by atoms with Crippen LogP contribution in [0.3, 0.4) is 0 Å². The first kappa shape index (κ1) is 47.1. The largest absolute Gasteiger partial charge is 0.456 e. The first-order valence-corrected chi connectivity index (χ1v) is 21.3. The maximum Gasteiger partial charge on any atom is 0.407 e.